The Morgan fingerprint density at radius 1 is 1.30 bits per heavy atom. The lowest BCUT2D eigenvalue weighted by Gasteiger charge is -2.32. The fourth-order valence-electron chi connectivity index (χ4n) is 3.90. The third kappa shape index (κ3) is 5.04. The first-order chi connectivity index (χ1) is 14.6. The van der Waals surface area contributed by atoms with E-state index in [2.05, 4.69) is 15.8 Å². The fourth-order valence-corrected chi connectivity index (χ4v) is 4.32. The zero-order valence-corrected chi connectivity index (χ0v) is 17.4. The van der Waals surface area contributed by atoms with E-state index in [1.54, 1.807) is 23.2 Å². The highest BCUT2D eigenvalue weighted by molar-refractivity contribution is 7.79. The first kappa shape index (κ1) is 20.9. The number of ether oxygens (including phenoxy) is 1. The molecule has 0 radical (unpaired) electrons. The lowest BCUT2D eigenvalue weighted by molar-refractivity contribution is 0.0633. The zero-order valence-electron chi connectivity index (χ0n) is 16.6. The molecule has 3 heterocycles. The van der Waals surface area contributed by atoms with Crippen molar-refractivity contribution in [2.24, 2.45) is 5.92 Å². The Morgan fingerprint density at radius 3 is 2.93 bits per heavy atom. The Kier molecular flexibility index (Phi) is 6.73. The molecular weight excluding hydrogens is 404 g/mol. The number of nitrogens with zero attached hydrogens (tertiary/aromatic N) is 2. The minimum absolute atomic E-state index is 0.122. The SMILES string of the molecule is O=C(c1cccc(S(=O)[O-])c1)N1CCC[C@@H](COc2ccc(C3CCNN3)nc2)C1. The van der Waals surface area contributed by atoms with Crippen molar-refractivity contribution in [2.75, 3.05) is 26.2 Å². The predicted octanol–water partition coefficient (Wildman–Crippen LogP) is 1.79. The van der Waals surface area contributed by atoms with E-state index in [4.69, 9.17) is 4.74 Å². The van der Waals surface area contributed by atoms with Gasteiger partial charge < -0.3 is 14.2 Å². The van der Waals surface area contributed by atoms with Crippen LogP contribution in [-0.2, 0) is 11.1 Å². The minimum atomic E-state index is -2.35. The molecule has 0 aliphatic carbocycles. The van der Waals surface area contributed by atoms with Gasteiger partial charge in [0.05, 0.1) is 24.5 Å². The minimum Gasteiger partial charge on any atom is -0.768 e. The van der Waals surface area contributed by atoms with Crippen molar-refractivity contribution < 1.29 is 18.3 Å². The lowest BCUT2D eigenvalue weighted by Crippen LogP contribution is -2.41. The number of carbonyl (C=O) groups excluding carboxylic acids is 1. The monoisotopic (exact) mass is 429 g/mol. The van der Waals surface area contributed by atoms with E-state index in [1.807, 2.05) is 12.1 Å². The van der Waals surface area contributed by atoms with Gasteiger partial charge in [-0.3, -0.25) is 19.4 Å². The van der Waals surface area contributed by atoms with E-state index in [-0.39, 0.29) is 22.8 Å². The second kappa shape index (κ2) is 9.65. The second-order valence-corrected chi connectivity index (χ2v) is 8.60. The molecule has 0 bridgehead atoms. The Bertz CT molecular complexity index is 902. The van der Waals surface area contributed by atoms with Crippen LogP contribution < -0.4 is 15.6 Å². The molecule has 2 aliphatic heterocycles. The molecule has 2 aromatic rings. The first-order valence-electron chi connectivity index (χ1n) is 10.2. The third-order valence-electron chi connectivity index (χ3n) is 5.52. The van der Waals surface area contributed by atoms with Gasteiger partial charge in [0.25, 0.3) is 5.91 Å². The highest BCUT2D eigenvalue weighted by Gasteiger charge is 2.25. The van der Waals surface area contributed by atoms with Crippen LogP contribution in [0.1, 0.15) is 41.4 Å². The summed E-state index contributed by atoms with van der Waals surface area (Å²) in [5.41, 5.74) is 7.68. The Hall–Kier alpha value is -2.33. The van der Waals surface area contributed by atoms with Crippen LogP contribution in [0.2, 0.25) is 0 Å². The number of hydrogen-bond acceptors (Lipinski definition) is 7. The molecule has 160 valence electrons. The maximum atomic E-state index is 12.8. The van der Waals surface area contributed by atoms with Crippen molar-refractivity contribution in [3.05, 3.63) is 53.9 Å². The summed E-state index contributed by atoms with van der Waals surface area (Å²) in [6.07, 6.45) is 4.63. The summed E-state index contributed by atoms with van der Waals surface area (Å²) in [6, 6.07) is 10.3. The molecule has 2 saturated heterocycles. The van der Waals surface area contributed by atoms with E-state index >= 15 is 0 Å². The summed E-state index contributed by atoms with van der Waals surface area (Å²) in [6.45, 7) is 2.70. The van der Waals surface area contributed by atoms with E-state index in [0.717, 1.165) is 37.3 Å². The molecule has 1 amide bonds. The molecule has 30 heavy (non-hydrogen) atoms. The maximum Gasteiger partial charge on any atom is 0.253 e. The number of hydrogen-bond donors (Lipinski definition) is 2. The zero-order chi connectivity index (χ0) is 20.9. The molecule has 2 fully saturated rings. The Morgan fingerprint density at radius 2 is 2.20 bits per heavy atom. The van der Waals surface area contributed by atoms with Crippen molar-refractivity contribution in [3.8, 4) is 5.75 Å². The molecule has 3 atom stereocenters. The van der Waals surface area contributed by atoms with E-state index < -0.39 is 11.1 Å². The smallest absolute Gasteiger partial charge is 0.253 e. The standard InChI is InChI=1S/C21H26N4O4S/c26-21(16-4-1-5-18(11-16)30(27)28)25-10-2-3-15(13-25)14-29-17-6-7-19(22-12-17)20-8-9-23-24-20/h1,4-7,11-12,15,20,23-24H,2-3,8-10,13-14H2,(H,27,28)/p-1/t15-,20?/m1/s1. The summed E-state index contributed by atoms with van der Waals surface area (Å²) in [4.78, 5) is 19.2. The highest BCUT2D eigenvalue weighted by Crippen LogP contribution is 2.22. The van der Waals surface area contributed by atoms with Crippen molar-refractivity contribution in [1.82, 2.24) is 20.7 Å². The molecule has 0 spiro atoms. The predicted molar refractivity (Wildman–Crippen MR) is 110 cm³/mol. The molecule has 0 saturated carbocycles. The number of carbonyl (C=O) groups is 1. The summed E-state index contributed by atoms with van der Waals surface area (Å²) in [5.74, 6) is 0.800. The van der Waals surface area contributed by atoms with Crippen LogP contribution in [0.4, 0.5) is 0 Å². The van der Waals surface area contributed by atoms with Crippen LogP contribution in [0, 0.1) is 5.92 Å². The molecule has 4 rings (SSSR count). The number of pyridine rings is 1. The van der Waals surface area contributed by atoms with Gasteiger partial charge in [-0.05, 0) is 60.7 Å². The van der Waals surface area contributed by atoms with Gasteiger partial charge in [-0.1, -0.05) is 6.07 Å². The number of hydrazine groups is 1. The lowest BCUT2D eigenvalue weighted by atomic mass is 9.98. The van der Waals surface area contributed by atoms with Gasteiger partial charge in [-0.2, -0.15) is 0 Å². The molecule has 1 aromatic heterocycles. The van der Waals surface area contributed by atoms with Crippen LogP contribution in [0.25, 0.3) is 0 Å². The summed E-state index contributed by atoms with van der Waals surface area (Å²) in [7, 11) is 0. The molecule has 2 unspecified atom stereocenters. The number of aromatic nitrogens is 1. The maximum absolute atomic E-state index is 12.8. The van der Waals surface area contributed by atoms with Crippen molar-refractivity contribution in [1.29, 1.82) is 0 Å². The van der Waals surface area contributed by atoms with E-state index in [9.17, 15) is 13.6 Å². The van der Waals surface area contributed by atoms with Gasteiger partial charge in [0.1, 0.15) is 5.75 Å². The average Bonchev–Trinajstić information content (AvgIpc) is 3.33. The van der Waals surface area contributed by atoms with Crippen molar-refractivity contribution in [3.63, 3.8) is 0 Å². The molecular formula is C21H25N4O4S-. The summed E-state index contributed by atoms with van der Waals surface area (Å²) >= 11 is -2.35. The van der Waals surface area contributed by atoms with Crippen LogP contribution in [-0.4, -0.2) is 50.8 Å². The largest absolute Gasteiger partial charge is 0.768 e. The number of amides is 1. The van der Waals surface area contributed by atoms with Crippen molar-refractivity contribution >= 4 is 17.0 Å². The van der Waals surface area contributed by atoms with Gasteiger partial charge in [0.2, 0.25) is 0 Å². The average molecular weight is 430 g/mol. The topological polar surface area (TPSA) is 107 Å². The number of rotatable bonds is 6. The van der Waals surface area contributed by atoms with Gasteiger partial charge in [0, 0.05) is 36.0 Å². The van der Waals surface area contributed by atoms with E-state index in [0.29, 0.717) is 25.3 Å². The van der Waals surface area contributed by atoms with Gasteiger partial charge in [-0.15, -0.1) is 0 Å². The third-order valence-corrected chi connectivity index (χ3v) is 6.15. The summed E-state index contributed by atoms with van der Waals surface area (Å²) in [5, 5.41) is 0. The molecule has 2 aliphatic rings. The first-order valence-corrected chi connectivity index (χ1v) is 11.2. The van der Waals surface area contributed by atoms with Crippen LogP contribution >= 0.6 is 0 Å². The van der Waals surface area contributed by atoms with Gasteiger partial charge in [0.15, 0.2) is 0 Å². The number of likely N-dealkylation sites (tertiary alicyclic amines) is 1. The van der Waals surface area contributed by atoms with Crippen LogP contribution in [0.3, 0.4) is 0 Å². The Labute approximate surface area is 178 Å². The molecule has 2 N–H and O–H groups in total. The van der Waals surface area contributed by atoms with Gasteiger partial charge in [-0.25, -0.2) is 5.43 Å². The van der Waals surface area contributed by atoms with Crippen LogP contribution in [0.15, 0.2) is 47.5 Å². The van der Waals surface area contributed by atoms with Crippen molar-refractivity contribution in [2.45, 2.75) is 30.2 Å². The van der Waals surface area contributed by atoms with Crippen LogP contribution in [0.5, 0.6) is 5.75 Å². The normalized spacial score (nSPS) is 22.6. The number of piperidine rings is 1. The quantitative estimate of drug-likeness (QED) is 0.674. The fraction of sp³-hybridized carbons (Fsp3) is 0.429. The Balaban J connectivity index is 1.32. The second-order valence-electron chi connectivity index (χ2n) is 7.66. The molecule has 8 nitrogen and oxygen atoms in total. The van der Waals surface area contributed by atoms with E-state index in [1.165, 1.54) is 12.1 Å². The van der Waals surface area contributed by atoms with Gasteiger partial charge >= 0.3 is 0 Å². The summed E-state index contributed by atoms with van der Waals surface area (Å²) < 4.78 is 28.3. The number of benzene rings is 1. The molecule has 1 aromatic carbocycles. The highest BCUT2D eigenvalue weighted by atomic mass is 32.2. The molecule has 9 heteroatoms. The number of nitrogens with one attached hydrogen (secondary N) is 2.